The molecule has 2 aromatic rings. The lowest BCUT2D eigenvalue weighted by Gasteiger charge is -2.18. The van der Waals surface area contributed by atoms with Gasteiger partial charge in [0.15, 0.2) is 0 Å². The molecule has 19 heavy (non-hydrogen) atoms. The average molecular weight is 260 g/mol. The number of aromatic nitrogens is 2. The minimum absolute atomic E-state index is 0.00770. The van der Waals surface area contributed by atoms with E-state index in [1.807, 2.05) is 50.2 Å². The summed E-state index contributed by atoms with van der Waals surface area (Å²) in [6, 6.07) is 7.89. The molecule has 1 unspecified atom stereocenters. The Morgan fingerprint density at radius 2 is 2.00 bits per heavy atom. The van der Waals surface area contributed by atoms with E-state index in [2.05, 4.69) is 15.3 Å². The number of nitrogens with zero attached hydrogens (tertiary/aromatic N) is 3. The molecule has 5 heteroatoms. The quantitative estimate of drug-likeness (QED) is 0.859. The molecule has 2 N–H and O–H groups in total. The predicted octanol–water partition coefficient (Wildman–Crippen LogP) is 1.88. The molecule has 5 nitrogen and oxygen atoms in total. The minimum Gasteiger partial charge on any atom is -0.394 e. The molecule has 0 fully saturated rings. The maximum Gasteiger partial charge on any atom is 0.227 e. The summed E-state index contributed by atoms with van der Waals surface area (Å²) in [5.74, 6) is 1.43. The van der Waals surface area contributed by atoms with Crippen LogP contribution in [0.15, 0.2) is 24.3 Å². The van der Waals surface area contributed by atoms with E-state index in [-0.39, 0.29) is 12.6 Å². The molecule has 0 bridgehead atoms. The van der Waals surface area contributed by atoms with Gasteiger partial charge in [0.05, 0.1) is 18.2 Å². The molecule has 1 aromatic carbocycles. The van der Waals surface area contributed by atoms with Crippen molar-refractivity contribution in [2.24, 2.45) is 0 Å². The van der Waals surface area contributed by atoms with Crippen LogP contribution in [0.5, 0.6) is 0 Å². The van der Waals surface area contributed by atoms with E-state index in [0.29, 0.717) is 5.95 Å². The smallest absolute Gasteiger partial charge is 0.227 e. The second-order valence-corrected chi connectivity index (χ2v) is 4.72. The molecule has 0 aliphatic carbocycles. The Kier molecular flexibility index (Phi) is 4.16. The normalized spacial score (nSPS) is 12.4. The van der Waals surface area contributed by atoms with Crippen molar-refractivity contribution in [1.82, 2.24) is 9.97 Å². The molecule has 0 aliphatic heterocycles. The van der Waals surface area contributed by atoms with E-state index in [1.54, 1.807) is 0 Å². The Morgan fingerprint density at radius 3 is 2.63 bits per heavy atom. The largest absolute Gasteiger partial charge is 0.394 e. The monoisotopic (exact) mass is 260 g/mol. The van der Waals surface area contributed by atoms with E-state index in [1.165, 1.54) is 0 Å². The van der Waals surface area contributed by atoms with Crippen LogP contribution in [0.4, 0.5) is 11.8 Å². The van der Waals surface area contributed by atoms with Crippen molar-refractivity contribution < 1.29 is 5.11 Å². The lowest BCUT2D eigenvalue weighted by molar-refractivity contribution is 0.271. The average Bonchev–Trinajstić information content (AvgIpc) is 2.44. The standard InChI is InChI=1S/C14H20N4O/c1-4-10(9-19)15-13-11-7-5-6-8-12(11)16-14(17-13)18(2)3/h5-8,10,19H,4,9H2,1-3H3,(H,15,16,17). The van der Waals surface area contributed by atoms with Crippen molar-refractivity contribution in [3.8, 4) is 0 Å². The van der Waals surface area contributed by atoms with Crippen LogP contribution in [0.1, 0.15) is 13.3 Å². The second-order valence-electron chi connectivity index (χ2n) is 4.72. The van der Waals surface area contributed by atoms with Crippen molar-refractivity contribution in [1.29, 1.82) is 0 Å². The number of aliphatic hydroxyl groups excluding tert-OH is 1. The Morgan fingerprint density at radius 1 is 1.26 bits per heavy atom. The Balaban J connectivity index is 2.50. The molecular formula is C14H20N4O. The summed E-state index contributed by atoms with van der Waals surface area (Å²) in [6.45, 7) is 2.12. The summed E-state index contributed by atoms with van der Waals surface area (Å²) in [7, 11) is 3.83. The number of nitrogens with one attached hydrogen (secondary N) is 1. The van der Waals surface area contributed by atoms with Crippen LogP contribution in [0.25, 0.3) is 10.9 Å². The van der Waals surface area contributed by atoms with E-state index in [9.17, 15) is 5.11 Å². The van der Waals surface area contributed by atoms with Crippen LogP contribution in [0, 0.1) is 0 Å². The first kappa shape index (κ1) is 13.5. The topological polar surface area (TPSA) is 61.3 Å². The molecule has 0 amide bonds. The molecule has 1 atom stereocenters. The van der Waals surface area contributed by atoms with Crippen molar-refractivity contribution in [3.05, 3.63) is 24.3 Å². The first-order valence-corrected chi connectivity index (χ1v) is 6.47. The van der Waals surface area contributed by atoms with Gasteiger partial charge in [-0.1, -0.05) is 19.1 Å². The number of anilines is 2. The molecule has 0 saturated heterocycles. The van der Waals surface area contributed by atoms with E-state index >= 15 is 0 Å². The third-order valence-corrected chi connectivity index (χ3v) is 3.05. The number of rotatable bonds is 5. The second kappa shape index (κ2) is 5.84. The fourth-order valence-corrected chi connectivity index (χ4v) is 1.84. The number of hydrogen-bond donors (Lipinski definition) is 2. The maximum atomic E-state index is 9.32. The third-order valence-electron chi connectivity index (χ3n) is 3.05. The minimum atomic E-state index is 0.00770. The Hall–Kier alpha value is -1.88. The van der Waals surface area contributed by atoms with Crippen LogP contribution in [-0.2, 0) is 0 Å². The predicted molar refractivity (Wildman–Crippen MR) is 78.7 cm³/mol. The number of fused-ring (bicyclic) bond motifs is 1. The molecule has 1 heterocycles. The fourth-order valence-electron chi connectivity index (χ4n) is 1.84. The van der Waals surface area contributed by atoms with Gasteiger partial charge in [-0.2, -0.15) is 4.98 Å². The van der Waals surface area contributed by atoms with Gasteiger partial charge in [0.2, 0.25) is 5.95 Å². The molecule has 0 saturated carbocycles. The van der Waals surface area contributed by atoms with Gasteiger partial charge in [0.1, 0.15) is 5.82 Å². The molecule has 0 aliphatic rings. The maximum absolute atomic E-state index is 9.32. The lowest BCUT2D eigenvalue weighted by atomic mass is 10.2. The summed E-state index contributed by atoms with van der Waals surface area (Å²) < 4.78 is 0. The highest BCUT2D eigenvalue weighted by atomic mass is 16.3. The number of benzene rings is 1. The number of hydrogen-bond acceptors (Lipinski definition) is 5. The SMILES string of the molecule is CCC(CO)Nc1nc(N(C)C)nc2ccccc12. The summed E-state index contributed by atoms with van der Waals surface area (Å²) in [6.07, 6.45) is 0.839. The van der Waals surface area contributed by atoms with Crippen LogP contribution < -0.4 is 10.2 Å². The summed E-state index contributed by atoms with van der Waals surface area (Å²) in [5.41, 5.74) is 0.900. The highest BCUT2D eigenvalue weighted by Crippen LogP contribution is 2.23. The van der Waals surface area contributed by atoms with Gasteiger partial charge in [-0.25, -0.2) is 4.98 Å². The van der Waals surface area contributed by atoms with Gasteiger partial charge in [0, 0.05) is 19.5 Å². The zero-order chi connectivity index (χ0) is 13.8. The Bertz CT molecular complexity index is 552. The zero-order valence-electron chi connectivity index (χ0n) is 11.6. The Labute approximate surface area is 113 Å². The van der Waals surface area contributed by atoms with Crippen LogP contribution in [-0.4, -0.2) is 41.8 Å². The van der Waals surface area contributed by atoms with Crippen molar-refractivity contribution in [3.63, 3.8) is 0 Å². The van der Waals surface area contributed by atoms with E-state index in [0.717, 1.165) is 23.1 Å². The van der Waals surface area contributed by atoms with E-state index in [4.69, 9.17) is 0 Å². The van der Waals surface area contributed by atoms with Gasteiger partial charge in [-0.3, -0.25) is 0 Å². The van der Waals surface area contributed by atoms with Crippen LogP contribution >= 0.6 is 0 Å². The van der Waals surface area contributed by atoms with Crippen molar-refractivity contribution >= 4 is 22.7 Å². The molecule has 2 rings (SSSR count). The van der Waals surface area contributed by atoms with Gasteiger partial charge in [-0.05, 0) is 18.6 Å². The highest BCUT2D eigenvalue weighted by Gasteiger charge is 2.11. The summed E-state index contributed by atoms with van der Waals surface area (Å²) >= 11 is 0. The van der Waals surface area contributed by atoms with Gasteiger partial charge in [0.25, 0.3) is 0 Å². The molecule has 0 spiro atoms. The molecule has 102 valence electrons. The first-order valence-electron chi connectivity index (χ1n) is 6.47. The molecular weight excluding hydrogens is 240 g/mol. The zero-order valence-corrected chi connectivity index (χ0v) is 11.6. The first-order chi connectivity index (χ1) is 9.15. The third kappa shape index (κ3) is 2.93. The van der Waals surface area contributed by atoms with Gasteiger partial charge in [-0.15, -0.1) is 0 Å². The fraction of sp³-hybridized carbons (Fsp3) is 0.429. The van der Waals surface area contributed by atoms with Crippen LogP contribution in [0.2, 0.25) is 0 Å². The van der Waals surface area contributed by atoms with Crippen molar-refractivity contribution in [2.45, 2.75) is 19.4 Å². The summed E-state index contributed by atoms with van der Waals surface area (Å²) in [5, 5.41) is 13.6. The highest BCUT2D eigenvalue weighted by molar-refractivity contribution is 5.90. The lowest BCUT2D eigenvalue weighted by Crippen LogP contribution is -2.24. The molecule has 1 aromatic heterocycles. The summed E-state index contributed by atoms with van der Waals surface area (Å²) in [4.78, 5) is 10.9. The van der Waals surface area contributed by atoms with Gasteiger partial charge >= 0.3 is 0 Å². The molecule has 0 radical (unpaired) electrons. The number of para-hydroxylation sites is 1. The van der Waals surface area contributed by atoms with E-state index < -0.39 is 0 Å². The number of aliphatic hydroxyl groups is 1. The van der Waals surface area contributed by atoms with Gasteiger partial charge < -0.3 is 15.3 Å². The van der Waals surface area contributed by atoms with Crippen molar-refractivity contribution in [2.75, 3.05) is 30.9 Å². The van der Waals surface area contributed by atoms with Crippen LogP contribution in [0.3, 0.4) is 0 Å².